The lowest BCUT2D eigenvalue weighted by Gasteiger charge is -2.14. The van der Waals surface area contributed by atoms with Gasteiger partial charge >= 0.3 is 0 Å². The van der Waals surface area contributed by atoms with Crippen molar-refractivity contribution in [1.29, 1.82) is 0 Å². The van der Waals surface area contributed by atoms with E-state index in [1.165, 1.54) is 22.6 Å². The summed E-state index contributed by atoms with van der Waals surface area (Å²) in [6.07, 6.45) is 4.93. The fourth-order valence-corrected chi connectivity index (χ4v) is 7.39. The topological polar surface area (TPSA) is 120 Å². The second-order valence-electron chi connectivity index (χ2n) is 12.3. The van der Waals surface area contributed by atoms with Crippen LogP contribution in [-0.2, 0) is 14.4 Å². The number of fused-ring (bicyclic) bond motifs is 3. The standard InChI is InChI=1S/C37H38ClFN6O4S/c1-5-33(46)41-20-28-19-31(44-49-28)25-10-13-32(30(39)17-25)48-15-7-6-14-40-34(47)18-26-16-29(24-8-11-27(38)12-9-24)35-21(2)22(3)50-37(35)45-23(4)42-43-36(26)45/h5,8-13,16-17,26,28H,1,6-7,14-15,18-20H2,2-4H3,(H,40,47)(H,41,46)/t26-,28?/m0/s1. The molecule has 0 aliphatic carbocycles. The van der Waals surface area contributed by atoms with Crippen molar-refractivity contribution in [3.05, 3.63) is 111 Å². The summed E-state index contributed by atoms with van der Waals surface area (Å²) in [6.45, 7) is 10.6. The van der Waals surface area contributed by atoms with Crippen molar-refractivity contribution in [2.75, 3.05) is 19.7 Å². The van der Waals surface area contributed by atoms with Gasteiger partial charge in [0.1, 0.15) is 22.8 Å². The van der Waals surface area contributed by atoms with Crippen molar-refractivity contribution in [3.8, 4) is 10.8 Å². The molecule has 50 heavy (non-hydrogen) atoms. The number of nitrogens with zero attached hydrogens (tertiary/aromatic N) is 4. The van der Waals surface area contributed by atoms with Crippen LogP contribution in [0.4, 0.5) is 4.39 Å². The molecule has 0 spiro atoms. The van der Waals surface area contributed by atoms with E-state index in [2.05, 4.69) is 57.1 Å². The zero-order valence-electron chi connectivity index (χ0n) is 28.1. The molecule has 4 heterocycles. The average molecular weight is 717 g/mol. The van der Waals surface area contributed by atoms with Gasteiger partial charge in [0.05, 0.1) is 18.9 Å². The van der Waals surface area contributed by atoms with Crippen LogP contribution in [0.15, 0.2) is 66.4 Å². The summed E-state index contributed by atoms with van der Waals surface area (Å²) < 4.78 is 22.6. The lowest BCUT2D eigenvalue weighted by atomic mass is 9.92. The number of hydrogen-bond acceptors (Lipinski definition) is 8. The SMILES string of the molecule is C=CC(=O)NCC1CC(c2ccc(OCCCCNC(=O)C[C@@H]3C=C(c4ccc(Cl)cc4)c4c(sc(C)c4C)-n4c(C)nnc43)c(F)c2)=NO1. The Morgan fingerprint density at radius 2 is 1.90 bits per heavy atom. The number of nitrogens with one attached hydrogen (secondary N) is 2. The average Bonchev–Trinajstić information content (AvgIpc) is 3.79. The first-order valence-electron chi connectivity index (χ1n) is 16.5. The maximum absolute atomic E-state index is 14.8. The maximum atomic E-state index is 14.8. The van der Waals surface area contributed by atoms with Gasteiger partial charge in [0.15, 0.2) is 11.6 Å². The molecule has 0 fully saturated rings. The molecular weight excluding hydrogens is 679 g/mol. The van der Waals surface area contributed by atoms with Crippen LogP contribution in [0.1, 0.15) is 70.4 Å². The smallest absolute Gasteiger partial charge is 0.243 e. The highest BCUT2D eigenvalue weighted by Gasteiger charge is 2.31. The number of halogens is 2. The summed E-state index contributed by atoms with van der Waals surface area (Å²) in [5.41, 5.74) is 5.56. The van der Waals surface area contributed by atoms with Gasteiger partial charge in [-0.1, -0.05) is 41.5 Å². The number of rotatable bonds is 13. The lowest BCUT2D eigenvalue weighted by molar-refractivity contribution is -0.121. The van der Waals surface area contributed by atoms with Crippen LogP contribution in [0.25, 0.3) is 10.6 Å². The number of aryl methyl sites for hydroxylation is 2. The van der Waals surface area contributed by atoms with Gasteiger partial charge in [-0.3, -0.25) is 14.2 Å². The second kappa shape index (κ2) is 15.4. The normalized spacial score (nSPS) is 16.3. The van der Waals surface area contributed by atoms with Crippen LogP contribution >= 0.6 is 22.9 Å². The number of aromatic nitrogens is 3. The monoisotopic (exact) mass is 716 g/mol. The molecule has 0 bridgehead atoms. The third kappa shape index (κ3) is 7.66. The number of ether oxygens (including phenoxy) is 1. The number of unbranched alkanes of at least 4 members (excludes halogenated alkanes) is 1. The number of amides is 2. The molecule has 4 aromatic rings. The highest BCUT2D eigenvalue weighted by atomic mass is 35.5. The largest absolute Gasteiger partial charge is 0.491 e. The first-order valence-corrected chi connectivity index (χ1v) is 17.6. The number of benzene rings is 2. The van der Waals surface area contributed by atoms with Crippen LogP contribution in [0, 0.1) is 26.6 Å². The molecule has 2 amide bonds. The molecular formula is C37H38ClFN6O4S. The van der Waals surface area contributed by atoms with E-state index in [4.69, 9.17) is 21.2 Å². The van der Waals surface area contributed by atoms with Gasteiger partial charge in [-0.2, -0.15) is 0 Å². The molecule has 6 rings (SSSR count). The zero-order valence-corrected chi connectivity index (χ0v) is 29.7. The lowest BCUT2D eigenvalue weighted by Crippen LogP contribution is -2.30. The molecule has 2 aromatic heterocycles. The summed E-state index contributed by atoms with van der Waals surface area (Å²) in [7, 11) is 0. The van der Waals surface area contributed by atoms with E-state index < -0.39 is 5.82 Å². The number of thiophene rings is 1. The molecule has 260 valence electrons. The molecule has 2 N–H and O–H groups in total. The number of allylic oxidation sites excluding steroid dienone is 1. The summed E-state index contributed by atoms with van der Waals surface area (Å²) in [6, 6.07) is 12.4. The molecule has 2 aliphatic rings. The summed E-state index contributed by atoms with van der Waals surface area (Å²) in [5.74, 6) is 0.444. The summed E-state index contributed by atoms with van der Waals surface area (Å²) in [4.78, 5) is 31.2. The first kappa shape index (κ1) is 35.0. The summed E-state index contributed by atoms with van der Waals surface area (Å²) >= 11 is 7.92. The Labute approximate surface area is 299 Å². The maximum Gasteiger partial charge on any atom is 0.243 e. The van der Waals surface area contributed by atoms with Crippen LogP contribution in [0.3, 0.4) is 0 Å². The van der Waals surface area contributed by atoms with Crippen molar-refractivity contribution < 1.29 is 23.6 Å². The van der Waals surface area contributed by atoms with E-state index in [1.807, 2.05) is 31.2 Å². The van der Waals surface area contributed by atoms with Gasteiger partial charge in [-0.25, -0.2) is 4.39 Å². The molecule has 2 aromatic carbocycles. The Morgan fingerprint density at radius 3 is 2.66 bits per heavy atom. The van der Waals surface area contributed by atoms with Gasteiger partial charge in [0.2, 0.25) is 11.8 Å². The Morgan fingerprint density at radius 1 is 1.12 bits per heavy atom. The third-order valence-corrected chi connectivity index (χ3v) is 10.2. The molecule has 10 nitrogen and oxygen atoms in total. The molecule has 0 saturated heterocycles. The molecule has 13 heteroatoms. The number of oxime groups is 1. The molecule has 2 atom stereocenters. The fraction of sp³-hybridized carbons (Fsp3) is 0.324. The van der Waals surface area contributed by atoms with Gasteiger partial charge in [0, 0.05) is 46.3 Å². The molecule has 0 saturated carbocycles. The van der Waals surface area contributed by atoms with Crippen molar-refractivity contribution >= 4 is 46.0 Å². The van der Waals surface area contributed by atoms with Crippen molar-refractivity contribution in [3.63, 3.8) is 0 Å². The Balaban J connectivity index is 1.02. The predicted octanol–water partition coefficient (Wildman–Crippen LogP) is 6.74. The van der Waals surface area contributed by atoms with Gasteiger partial charge in [0.25, 0.3) is 0 Å². The van der Waals surface area contributed by atoms with E-state index in [-0.39, 0.29) is 42.6 Å². The van der Waals surface area contributed by atoms with Crippen LogP contribution in [0.5, 0.6) is 5.75 Å². The minimum atomic E-state index is -0.501. The number of hydrogen-bond donors (Lipinski definition) is 2. The van der Waals surface area contributed by atoms with Crippen molar-refractivity contribution in [1.82, 2.24) is 25.4 Å². The quantitative estimate of drug-likeness (QED) is 0.117. The van der Waals surface area contributed by atoms with Crippen LogP contribution in [-0.4, -0.2) is 58.1 Å². The van der Waals surface area contributed by atoms with E-state index in [0.717, 1.165) is 33.3 Å². The van der Waals surface area contributed by atoms with Crippen molar-refractivity contribution in [2.24, 2.45) is 5.16 Å². The van der Waals surface area contributed by atoms with Crippen molar-refractivity contribution in [2.45, 2.75) is 58.5 Å². The van der Waals surface area contributed by atoms with Gasteiger partial charge in [-0.05, 0) is 86.7 Å². The van der Waals surface area contributed by atoms with Crippen LogP contribution in [0.2, 0.25) is 5.02 Å². The van der Waals surface area contributed by atoms with E-state index in [1.54, 1.807) is 23.5 Å². The van der Waals surface area contributed by atoms with Gasteiger partial charge < -0.3 is 20.2 Å². The minimum Gasteiger partial charge on any atom is -0.491 e. The summed E-state index contributed by atoms with van der Waals surface area (Å²) in [5, 5.41) is 20.4. The molecule has 1 unspecified atom stereocenters. The highest BCUT2D eigenvalue weighted by Crippen LogP contribution is 2.44. The fourth-order valence-electron chi connectivity index (χ4n) is 6.03. The second-order valence-corrected chi connectivity index (χ2v) is 13.9. The zero-order chi connectivity index (χ0) is 35.4. The Kier molecular flexibility index (Phi) is 10.8. The number of carbonyl (C=O) groups excluding carboxylic acids is 2. The number of carbonyl (C=O) groups is 2. The van der Waals surface area contributed by atoms with Crippen LogP contribution < -0.4 is 15.4 Å². The highest BCUT2D eigenvalue weighted by molar-refractivity contribution is 7.15. The Hall–Kier alpha value is -4.81. The van der Waals surface area contributed by atoms with E-state index in [9.17, 15) is 14.0 Å². The molecule has 0 radical (unpaired) electrons. The van der Waals surface area contributed by atoms with E-state index in [0.29, 0.717) is 48.7 Å². The minimum absolute atomic E-state index is 0.0984. The van der Waals surface area contributed by atoms with E-state index >= 15 is 0 Å². The Bertz CT molecular complexity index is 1990. The molecule has 2 aliphatic heterocycles. The predicted molar refractivity (Wildman–Crippen MR) is 193 cm³/mol. The third-order valence-electron chi connectivity index (χ3n) is 8.79. The van der Waals surface area contributed by atoms with Gasteiger partial charge in [-0.15, -0.1) is 21.5 Å². The first-order chi connectivity index (χ1) is 24.1.